The van der Waals surface area contributed by atoms with Gasteiger partial charge in [-0.1, -0.05) is 0 Å². The molecule has 10 heteroatoms. The lowest BCUT2D eigenvalue weighted by Crippen LogP contribution is -2.37. The molecule has 0 aliphatic heterocycles. The van der Waals surface area contributed by atoms with Crippen LogP contribution in [0.3, 0.4) is 0 Å². The molecule has 0 aliphatic carbocycles. The van der Waals surface area contributed by atoms with Crippen molar-refractivity contribution in [1.82, 2.24) is 9.21 Å². The molecule has 0 saturated carbocycles. The zero-order valence-electron chi connectivity index (χ0n) is 11.5. The molecule has 0 spiro atoms. The Bertz CT molecular complexity index is 585. The molecule has 0 radical (unpaired) electrons. The van der Waals surface area contributed by atoms with Gasteiger partial charge in [-0.25, -0.2) is 21.5 Å². The van der Waals surface area contributed by atoms with E-state index in [1.807, 2.05) is 0 Å². The summed E-state index contributed by atoms with van der Waals surface area (Å²) in [5.41, 5.74) is 0. The van der Waals surface area contributed by atoms with Crippen molar-refractivity contribution in [3.63, 3.8) is 0 Å². The van der Waals surface area contributed by atoms with Crippen molar-refractivity contribution in [2.75, 3.05) is 33.8 Å². The Morgan fingerprint density at radius 2 is 2.00 bits per heavy atom. The molecule has 1 amide bonds. The summed E-state index contributed by atoms with van der Waals surface area (Å²) >= 11 is 0. The summed E-state index contributed by atoms with van der Waals surface area (Å²) in [6.07, 6.45) is -2.78. The van der Waals surface area contributed by atoms with Crippen molar-refractivity contribution in [2.24, 2.45) is 0 Å². The van der Waals surface area contributed by atoms with Crippen LogP contribution in [0.4, 0.5) is 8.78 Å². The molecule has 0 fully saturated rings. The van der Waals surface area contributed by atoms with Gasteiger partial charge in [-0.3, -0.25) is 4.79 Å². The number of carbonyl (C=O) groups is 1. The number of hydrogen-bond donors (Lipinski definition) is 1. The first kappa shape index (κ1) is 17.5. The maximum atomic E-state index is 12.4. The summed E-state index contributed by atoms with van der Waals surface area (Å²) in [7, 11) is -1.28. The van der Waals surface area contributed by atoms with Crippen molar-refractivity contribution in [3.8, 4) is 0 Å². The first-order chi connectivity index (χ1) is 9.70. The Kier molecular flexibility index (Phi) is 5.81. The van der Waals surface area contributed by atoms with Gasteiger partial charge in [0, 0.05) is 20.6 Å². The third-order valence-corrected chi connectivity index (χ3v) is 4.23. The smallest absolute Gasteiger partial charge is 0.289 e. The molecule has 0 aromatic carbocycles. The molecular weight excluding hydrogens is 310 g/mol. The zero-order valence-corrected chi connectivity index (χ0v) is 12.3. The maximum Gasteiger partial charge on any atom is 0.289 e. The van der Waals surface area contributed by atoms with E-state index in [-0.39, 0.29) is 12.3 Å². The molecule has 0 aliphatic rings. The van der Waals surface area contributed by atoms with Crippen LogP contribution in [0.5, 0.6) is 0 Å². The Hall–Kier alpha value is -1.52. The van der Waals surface area contributed by atoms with Crippen LogP contribution < -0.4 is 0 Å². The number of halogens is 2. The number of sulfonamides is 1. The minimum Gasteiger partial charge on any atom is -0.438 e. The lowest BCUT2D eigenvalue weighted by atomic mass is 10.3. The molecule has 120 valence electrons. The van der Waals surface area contributed by atoms with E-state index in [1.54, 1.807) is 0 Å². The molecule has 1 aromatic heterocycles. The number of furan rings is 1. The van der Waals surface area contributed by atoms with Crippen molar-refractivity contribution < 1.29 is 31.5 Å². The van der Waals surface area contributed by atoms with E-state index < -0.39 is 40.6 Å². The molecule has 0 atom stereocenters. The van der Waals surface area contributed by atoms with Gasteiger partial charge in [-0.05, 0) is 12.1 Å². The topological polar surface area (TPSA) is 91.1 Å². The van der Waals surface area contributed by atoms with Crippen LogP contribution in [0.25, 0.3) is 0 Å². The van der Waals surface area contributed by atoms with Crippen LogP contribution in [0, 0.1) is 0 Å². The van der Waals surface area contributed by atoms with Crippen LogP contribution in [0.15, 0.2) is 21.6 Å². The number of aliphatic hydroxyl groups excluding tert-OH is 1. The van der Waals surface area contributed by atoms with Crippen LogP contribution in [-0.2, 0) is 10.0 Å². The SMILES string of the molecule is CN(C)S(=O)(=O)c1ccc(C(=O)N(CCO)CC(F)F)o1. The van der Waals surface area contributed by atoms with Crippen LogP contribution >= 0.6 is 0 Å². The van der Waals surface area contributed by atoms with Crippen molar-refractivity contribution in [1.29, 1.82) is 0 Å². The molecule has 0 saturated heterocycles. The van der Waals surface area contributed by atoms with Gasteiger partial charge in [0.05, 0.1) is 13.2 Å². The molecule has 1 aromatic rings. The van der Waals surface area contributed by atoms with Gasteiger partial charge in [0.2, 0.25) is 5.09 Å². The highest BCUT2D eigenvalue weighted by atomic mass is 32.2. The fraction of sp³-hybridized carbons (Fsp3) is 0.545. The highest BCUT2D eigenvalue weighted by molar-refractivity contribution is 7.88. The van der Waals surface area contributed by atoms with Gasteiger partial charge in [-0.2, -0.15) is 0 Å². The standard InChI is InChI=1S/C11H16F2N2O5S/c1-14(2)21(18,19)10-4-3-8(20-10)11(17)15(5-6-16)7-9(12)13/h3-4,9,16H,5-7H2,1-2H3. The lowest BCUT2D eigenvalue weighted by Gasteiger charge is -2.19. The van der Waals surface area contributed by atoms with Crippen molar-refractivity contribution in [3.05, 3.63) is 17.9 Å². The molecule has 1 N–H and O–H groups in total. The largest absolute Gasteiger partial charge is 0.438 e. The molecule has 7 nitrogen and oxygen atoms in total. The molecule has 0 bridgehead atoms. The zero-order chi connectivity index (χ0) is 16.2. The summed E-state index contributed by atoms with van der Waals surface area (Å²) in [6, 6.07) is 2.16. The number of aliphatic hydroxyl groups is 1. The number of amides is 1. The minimum absolute atomic E-state index is 0.306. The van der Waals surface area contributed by atoms with Gasteiger partial charge >= 0.3 is 0 Å². The summed E-state index contributed by atoms with van der Waals surface area (Å²) in [5.74, 6) is -1.30. The van der Waals surface area contributed by atoms with E-state index in [0.717, 1.165) is 16.4 Å². The van der Waals surface area contributed by atoms with Gasteiger partial charge in [0.1, 0.15) is 0 Å². The van der Waals surface area contributed by atoms with Crippen LogP contribution in [0.2, 0.25) is 0 Å². The van der Waals surface area contributed by atoms with E-state index >= 15 is 0 Å². The van der Waals surface area contributed by atoms with E-state index in [1.165, 1.54) is 14.1 Å². The number of carbonyl (C=O) groups excluding carboxylic acids is 1. The van der Waals surface area contributed by atoms with E-state index in [0.29, 0.717) is 4.90 Å². The maximum absolute atomic E-state index is 12.4. The summed E-state index contributed by atoms with van der Waals surface area (Å²) < 4.78 is 54.2. The average Bonchev–Trinajstić information content (AvgIpc) is 2.86. The normalized spacial score (nSPS) is 12.1. The third-order valence-electron chi connectivity index (χ3n) is 2.54. The summed E-state index contributed by atoms with van der Waals surface area (Å²) in [4.78, 5) is 12.6. The highest BCUT2D eigenvalue weighted by Gasteiger charge is 2.26. The Balaban J connectivity index is 3.00. The molecule has 21 heavy (non-hydrogen) atoms. The molecule has 1 rings (SSSR count). The monoisotopic (exact) mass is 326 g/mol. The second-order valence-electron chi connectivity index (χ2n) is 4.27. The predicted octanol–water partition coefficient (Wildman–Crippen LogP) is 0.230. The highest BCUT2D eigenvalue weighted by Crippen LogP contribution is 2.18. The van der Waals surface area contributed by atoms with Crippen LogP contribution in [-0.4, -0.2) is 68.9 Å². The second kappa shape index (κ2) is 6.96. The molecule has 0 unspecified atom stereocenters. The van der Waals surface area contributed by atoms with Crippen molar-refractivity contribution >= 4 is 15.9 Å². The van der Waals surface area contributed by atoms with Crippen molar-refractivity contribution in [2.45, 2.75) is 11.5 Å². The van der Waals surface area contributed by atoms with Gasteiger partial charge < -0.3 is 14.4 Å². The first-order valence-corrected chi connectivity index (χ1v) is 7.34. The van der Waals surface area contributed by atoms with E-state index in [9.17, 15) is 22.0 Å². The van der Waals surface area contributed by atoms with Gasteiger partial charge in [0.15, 0.2) is 5.76 Å². The fourth-order valence-electron chi connectivity index (χ4n) is 1.47. The number of alkyl halides is 2. The Labute approximate surface area is 120 Å². The van der Waals surface area contributed by atoms with Crippen LogP contribution in [0.1, 0.15) is 10.6 Å². The lowest BCUT2D eigenvalue weighted by molar-refractivity contribution is 0.0479. The summed E-state index contributed by atoms with van der Waals surface area (Å²) in [5, 5.41) is 8.32. The number of hydrogen-bond acceptors (Lipinski definition) is 5. The summed E-state index contributed by atoms with van der Waals surface area (Å²) in [6.45, 7) is -1.68. The van der Waals surface area contributed by atoms with Gasteiger partial charge in [-0.15, -0.1) is 0 Å². The number of nitrogens with zero attached hydrogens (tertiary/aromatic N) is 2. The fourth-order valence-corrected chi connectivity index (χ4v) is 2.27. The quantitative estimate of drug-likeness (QED) is 0.774. The van der Waals surface area contributed by atoms with Gasteiger partial charge in [0.25, 0.3) is 22.4 Å². The molecule has 1 heterocycles. The average molecular weight is 326 g/mol. The van der Waals surface area contributed by atoms with E-state index in [2.05, 4.69) is 0 Å². The first-order valence-electron chi connectivity index (χ1n) is 5.90. The third kappa shape index (κ3) is 4.22. The molecular formula is C11H16F2N2O5S. The second-order valence-corrected chi connectivity index (χ2v) is 6.35. The number of rotatable bonds is 7. The Morgan fingerprint density at radius 3 is 2.48 bits per heavy atom. The predicted molar refractivity (Wildman–Crippen MR) is 68.6 cm³/mol. The minimum atomic E-state index is -3.85. The van der Waals surface area contributed by atoms with E-state index in [4.69, 9.17) is 9.52 Å². The Morgan fingerprint density at radius 1 is 1.38 bits per heavy atom.